The normalized spacial score (nSPS) is 10.6. The molecule has 0 spiro atoms. The van der Waals surface area contributed by atoms with E-state index in [2.05, 4.69) is 48.7 Å². The third-order valence-electron chi connectivity index (χ3n) is 3.18. The van der Waals surface area contributed by atoms with Crippen LogP contribution in [-0.4, -0.2) is 13.1 Å². The van der Waals surface area contributed by atoms with Crippen molar-refractivity contribution in [3.63, 3.8) is 0 Å². The summed E-state index contributed by atoms with van der Waals surface area (Å²) >= 11 is 5.95. The van der Waals surface area contributed by atoms with E-state index in [4.69, 9.17) is 11.6 Å². The van der Waals surface area contributed by atoms with Crippen LogP contribution in [-0.2, 0) is 0 Å². The molecule has 0 heterocycles. The van der Waals surface area contributed by atoms with E-state index in [0.717, 1.165) is 23.8 Å². The summed E-state index contributed by atoms with van der Waals surface area (Å²) in [4.78, 5) is 0. The predicted molar refractivity (Wildman–Crippen MR) is 89.0 cm³/mol. The lowest BCUT2D eigenvalue weighted by Gasteiger charge is -2.15. The lowest BCUT2D eigenvalue weighted by atomic mass is 10.0. The average Bonchev–Trinajstić information content (AvgIpc) is 2.44. The molecule has 0 saturated carbocycles. The van der Waals surface area contributed by atoms with Gasteiger partial charge in [-0.05, 0) is 35.7 Å². The van der Waals surface area contributed by atoms with Crippen molar-refractivity contribution in [3.8, 4) is 0 Å². The summed E-state index contributed by atoms with van der Waals surface area (Å²) in [6.45, 7) is 6.15. The van der Waals surface area contributed by atoms with E-state index in [1.807, 2.05) is 24.3 Å². The summed E-state index contributed by atoms with van der Waals surface area (Å²) in [6.07, 6.45) is 0. The van der Waals surface area contributed by atoms with Crippen molar-refractivity contribution < 1.29 is 0 Å². The van der Waals surface area contributed by atoms with Crippen molar-refractivity contribution >= 4 is 23.0 Å². The van der Waals surface area contributed by atoms with Crippen LogP contribution >= 0.6 is 11.6 Å². The minimum atomic E-state index is 0.527. The van der Waals surface area contributed by atoms with Gasteiger partial charge in [0.2, 0.25) is 0 Å². The number of nitrogens with one attached hydrogen (secondary N) is 2. The van der Waals surface area contributed by atoms with Gasteiger partial charge in [-0.1, -0.05) is 49.7 Å². The van der Waals surface area contributed by atoms with Crippen molar-refractivity contribution in [3.05, 3.63) is 59.1 Å². The van der Waals surface area contributed by atoms with Gasteiger partial charge in [-0.2, -0.15) is 0 Å². The van der Waals surface area contributed by atoms with Crippen LogP contribution in [0.25, 0.3) is 0 Å². The first kappa shape index (κ1) is 14.7. The first-order valence-corrected chi connectivity index (χ1v) is 7.37. The van der Waals surface area contributed by atoms with E-state index >= 15 is 0 Å². The van der Waals surface area contributed by atoms with Crippen LogP contribution in [0.4, 0.5) is 11.4 Å². The van der Waals surface area contributed by atoms with Gasteiger partial charge in [-0.25, -0.2) is 0 Å². The molecule has 0 unspecified atom stereocenters. The summed E-state index contributed by atoms with van der Waals surface area (Å²) in [5.41, 5.74) is 3.63. The second-order valence-electron chi connectivity index (χ2n) is 5.11. The highest BCUT2D eigenvalue weighted by Crippen LogP contribution is 2.23. The van der Waals surface area contributed by atoms with E-state index in [-0.39, 0.29) is 0 Å². The maximum absolute atomic E-state index is 5.95. The van der Waals surface area contributed by atoms with Crippen LogP contribution in [0, 0.1) is 0 Å². The maximum Gasteiger partial charge on any atom is 0.0426 e. The van der Waals surface area contributed by atoms with Crippen LogP contribution in [0.1, 0.15) is 25.3 Å². The second kappa shape index (κ2) is 7.20. The molecule has 0 radical (unpaired) electrons. The van der Waals surface area contributed by atoms with Crippen molar-refractivity contribution in [2.45, 2.75) is 19.8 Å². The van der Waals surface area contributed by atoms with Gasteiger partial charge in [0.25, 0.3) is 0 Å². The highest BCUT2D eigenvalue weighted by Gasteiger charge is 2.04. The third kappa shape index (κ3) is 4.17. The number of para-hydroxylation sites is 1. The summed E-state index contributed by atoms with van der Waals surface area (Å²) in [7, 11) is 0. The van der Waals surface area contributed by atoms with Gasteiger partial charge < -0.3 is 10.6 Å². The number of anilines is 2. The van der Waals surface area contributed by atoms with Crippen molar-refractivity contribution in [2.75, 3.05) is 23.7 Å². The maximum atomic E-state index is 5.95. The van der Waals surface area contributed by atoms with Gasteiger partial charge in [0, 0.05) is 29.5 Å². The molecule has 20 heavy (non-hydrogen) atoms. The number of hydrogen-bond acceptors (Lipinski definition) is 2. The van der Waals surface area contributed by atoms with Crippen LogP contribution < -0.4 is 10.6 Å². The van der Waals surface area contributed by atoms with Gasteiger partial charge in [0.1, 0.15) is 0 Å². The number of halogens is 1. The van der Waals surface area contributed by atoms with E-state index in [1.165, 1.54) is 11.3 Å². The Morgan fingerprint density at radius 1 is 0.950 bits per heavy atom. The van der Waals surface area contributed by atoms with Gasteiger partial charge in [-0.15, -0.1) is 0 Å². The molecule has 2 N–H and O–H groups in total. The van der Waals surface area contributed by atoms with Crippen molar-refractivity contribution in [1.29, 1.82) is 0 Å². The fraction of sp³-hybridized carbons (Fsp3) is 0.294. The summed E-state index contributed by atoms with van der Waals surface area (Å²) < 4.78 is 0. The predicted octanol–water partition coefficient (Wildman–Crippen LogP) is 4.99. The topological polar surface area (TPSA) is 24.1 Å². The molecule has 2 nitrogen and oxygen atoms in total. The zero-order valence-corrected chi connectivity index (χ0v) is 12.7. The molecule has 0 aromatic heterocycles. The quantitative estimate of drug-likeness (QED) is 0.732. The zero-order valence-electron chi connectivity index (χ0n) is 12.0. The Bertz CT molecular complexity index is 552. The molecule has 3 heteroatoms. The highest BCUT2D eigenvalue weighted by atomic mass is 35.5. The Kier molecular flexibility index (Phi) is 5.31. The van der Waals surface area contributed by atoms with E-state index in [9.17, 15) is 0 Å². The molecule has 106 valence electrons. The Morgan fingerprint density at radius 3 is 2.45 bits per heavy atom. The molecule has 2 aromatic carbocycles. The largest absolute Gasteiger partial charge is 0.383 e. The Morgan fingerprint density at radius 2 is 1.70 bits per heavy atom. The smallest absolute Gasteiger partial charge is 0.0426 e. The van der Waals surface area contributed by atoms with Crippen LogP contribution in [0.5, 0.6) is 0 Å². The van der Waals surface area contributed by atoms with E-state index < -0.39 is 0 Å². The van der Waals surface area contributed by atoms with E-state index in [0.29, 0.717) is 5.92 Å². The number of hydrogen-bond donors (Lipinski definition) is 2. The second-order valence-corrected chi connectivity index (χ2v) is 5.54. The van der Waals surface area contributed by atoms with Crippen LogP contribution in [0.15, 0.2) is 48.5 Å². The fourth-order valence-electron chi connectivity index (χ4n) is 2.16. The van der Waals surface area contributed by atoms with Gasteiger partial charge in [-0.3, -0.25) is 0 Å². The third-order valence-corrected chi connectivity index (χ3v) is 3.41. The summed E-state index contributed by atoms with van der Waals surface area (Å²) in [6, 6.07) is 16.3. The lowest BCUT2D eigenvalue weighted by Crippen LogP contribution is -2.14. The molecule has 2 aromatic rings. The van der Waals surface area contributed by atoms with Gasteiger partial charge in [0.15, 0.2) is 0 Å². The first-order chi connectivity index (χ1) is 9.66. The molecule has 0 aliphatic carbocycles. The Hall–Kier alpha value is -1.67. The van der Waals surface area contributed by atoms with Gasteiger partial charge >= 0.3 is 0 Å². The number of benzene rings is 2. The first-order valence-electron chi connectivity index (χ1n) is 6.99. The fourth-order valence-corrected chi connectivity index (χ4v) is 2.35. The standard InChI is InChI=1S/C17H21ClN2/c1-13(2)16-8-3-4-9-17(16)20-11-10-19-15-7-5-6-14(18)12-15/h3-9,12-13,19-20H,10-11H2,1-2H3. The summed E-state index contributed by atoms with van der Waals surface area (Å²) in [5.74, 6) is 0.527. The zero-order chi connectivity index (χ0) is 14.4. The molecule has 0 bridgehead atoms. The Balaban J connectivity index is 1.84. The SMILES string of the molecule is CC(C)c1ccccc1NCCNc1cccc(Cl)c1. The molecule has 0 fully saturated rings. The minimum absolute atomic E-state index is 0.527. The molecular formula is C17H21ClN2. The van der Waals surface area contributed by atoms with Crippen LogP contribution in [0.3, 0.4) is 0 Å². The average molecular weight is 289 g/mol. The van der Waals surface area contributed by atoms with Crippen molar-refractivity contribution in [2.24, 2.45) is 0 Å². The summed E-state index contributed by atoms with van der Waals surface area (Å²) in [5, 5.41) is 7.60. The van der Waals surface area contributed by atoms with Crippen molar-refractivity contribution in [1.82, 2.24) is 0 Å². The molecular weight excluding hydrogens is 268 g/mol. The minimum Gasteiger partial charge on any atom is -0.383 e. The van der Waals surface area contributed by atoms with Crippen LogP contribution in [0.2, 0.25) is 5.02 Å². The monoisotopic (exact) mass is 288 g/mol. The highest BCUT2D eigenvalue weighted by molar-refractivity contribution is 6.30. The van der Waals surface area contributed by atoms with E-state index in [1.54, 1.807) is 0 Å². The molecule has 0 aliphatic rings. The molecule has 0 saturated heterocycles. The van der Waals surface area contributed by atoms with Gasteiger partial charge in [0.05, 0.1) is 0 Å². The molecule has 0 aliphatic heterocycles. The molecule has 2 rings (SSSR count). The Labute approximate surface area is 126 Å². The molecule has 0 atom stereocenters. The molecule has 0 amide bonds. The lowest BCUT2D eigenvalue weighted by molar-refractivity contribution is 0.865. The number of rotatable bonds is 6.